The molecule has 0 radical (unpaired) electrons. The van der Waals surface area contributed by atoms with Crippen LogP contribution in [0.4, 0.5) is 5.82 Å². The molecule has 5 nitrogen and oxygen atoms in total. The largest absolute Gasteiger partial charge is 0.307 e. The Morgan fingerprint density at radius 3 is 2.79 bits per heavy atom. The van der Waals surface area contributed by atoms with E-state index in [9.17, 15) is 4.79 Å². The van der Waals surface area contributed by atoms with Gasteiger partial charge in [0.1, 0.15) is 5.82 Å². The molecule has 4 rings (SSSR count). The molecule has 4 aromatic rings. The van der Waals surface area contributed by atoms with Gasteiger partial charge in [0.2, 0.25) is 0 Å². The molecule has 0 aliphatic heterocycles. The zero-order chi connectivity index (χ0) is 19.7. The number of nitrogens with one attached hydrogen (secondary N) is 1. The van der Waals surface area contributed by atoms with Crippen LogP contribution >= 0.6 is 15.9 Å². The fourth-order valence-corrected chi connectivity index (χ4v) is 3.63. The Bertz CT molecular complexity index is 1180. The highest BCUT2D eigenvalue weighted by Gasteiger charge is 2.14. The number of aromatic nitrogens is 3. The van der Waals surface area contributed by atoms with E-state index in [2.05, 4.69) is 31.3 Å². The number of rotatable bonds is 4. The Balaban J connectivity index is 1.60. The maximum Gasteiger partial charge on any atom is 0.258 e. The SMILES string of the molecule is Cc1ccc2nc(C)c(C(=O)Nc3ccnn3Cc3cccc(Br)c3)cc2c1. The van der Waals surface area contributed by atoms with Gasteiger partial charge in [0.15, 0.2) is 0 Å². The lowest BCUT2D eigenvalue weighted by atomic mass is 10.1. The molecule has 6 heteroatoms. The highest BCUT2D eigenvalue weighted by atomic mass is 79.9. The van der Waals surface area contributed by atoms with Gasteiger partial charge in [-0.1, -0.05) is 39.7 Å². The van der Waals surface area contributed by atoms with Gasteiger partial charge in [-0.05, 0) is 49.7 Å². The summed E-state index contributed by atoms with van der Waals surface area (Å²) in [5, 5.41) is 8.27. The predicted molar refractivity (Wildman–Crippen MR) is 115 cm³/mol. The van der Waals surface area contributed by atoms with E-state index in [4.69, 9.17) is 0 Å². The van der Waals surface area contributed by atoms with Gasteiger partial charge in [-0.25, -0.2) is 4.68 Å². The van der Waals surface area contributed by atoms with Crippen molar-refractivity contribution >= 4 is 38.6 Å². The first kappa shape index (κ1) is 18.4. The van der Waals surface area contributed by atoms with Crippen LogP contribution in [0.2, 0.25) is 0 Å². The second-order valence-electron chi connectivity index (χ2n) is 6.78. The Hall–Kier alpha value is -2.99. The van der Waals surface area contributed by atoms with Gasteiger partial charge in [0, 0.05) is 15.9 Å². The van der Waals surface area contributed by atoms with Crippen molar-refractivity contribution in [1.82, 2.24) is 14.8 Å². The van der Waals surface area contributed by atoms with Crippen LogP contribution < -0.4 is 5.32 Å². The first-order chi connectivity index (χ1) is 13.5. The summed E-state index contributed by atoms with van der Waals surface area (Å²) in [5.74, 6) is 0.457. The molecule has 0 bridgehead atoms. The second kappa shape index (κ2) is 7.56. The quantitative estimate of drug-likeness (QED) is 0.485. The summed E-state index contributed by atoms with van der Waals surface area (Å²) in [6.45, 7) is 4.45. The summed E-state index contributed by atoms with van der Waals surface area (Å²) in [5.41, 5.74) is 4.38. The Kier molecular flexibility index (Phi) is 4.96. The number of fused-ring (bicyclic) bond motifs is 1. The molecule has 1 amide bonds. The number of nitrogens with zero attached hydrogens (tertiary/aromatic N) is 3. The molecule has 0 aliphatic carbocycles. The van der Waals surface area contributed by atoms with Crippen LogP contribution in [0.5, 0.6) is 0 Å². The average molecular weight is 435 g/mol. The van der Waals surface area contributed by atoms with E-state index in [1.165, 1.54) is 0 Å². The smallest absolute Gasteiger partial charge is 0.258 e. The summed E-state index contributed by atoms with van der Waals surface area (Å²) in [4.78, 5) is 17.5. The van der Waals surface area contributed by atoms with Gasteiger partial charge in [0.05, 0.1) is 29.5 Å². The monoisotopic (exact) mass is 434 g/mol. The molecule has 28 heavy (non-hydrogen) atoms. The molecule has 2 heterocycles. The van der Waals surface area contributed by atoms with E-state index < -0.39 is 0 Å². The Morgan fingerprint density at radius 1 is 1.11 bits per heavy atom. The van der Waals surface area contributed by atoms with Gasteiger partial charge >= 0.3 is 0 Å². The lowest BCUT2D eigenvalue weighted by Gasteiger charge is -2.11. The van der Waals surface area contributed by atoms with Crippen LogP contribution in [0.3, 0.4) is 0 Å². The molecular weight excluding hydrogens is 416 g/mol. The summed E-state index contributed by atoms with van der Waals surface area (Å²) >= 11 is 3.48. The fraction of sp³-hybridized carbons (Fsp3) is 0.136. The van der Waals surface area contributed by atoms with Gasteiger partial charge in [-0.3, -0.25) is 9.78 Å². The van der Waals surface area contributed by atoms with Crippen molar-refractivity contribution in [3.05, 3.63) is 87.7 Å². The third-order valence-electron chi connectivity index (χ3n) is 4.58. The van der Waals surface area contributed by atoms with Crippen LogP contribution in [-0.2, 0) is 6.54 Å². The van der Waals surface area contributed by atoms with Crippen LogP contribution in [0.1, 0.15) is 27.2 Å². The van der Waals surface area contributed by atoms with Crippen molar-refractivity contribution in [2.75, 3.05) is 5.32 Å². The molecule has 140 valence electrons. The molecule has 0 atom stereocenters. The Morgan fingerprint density at radius 2 is 1.96 bits per heavy atom. The van der Waals surface area contributed by atoms with Gasteiger partial charge in [0.25, 0.3) is 5.91 Å². The third kappa shape index (κ3) is 3.82. The van der Waals surface area contributed by atoms with Crippen molar-refractivity contribution < 1.29 is 4.79 Å². The van der Waals surface area contributed by atoms with E-state index in [0.29, 0.717) is 23.6 Å². The minimum Gasteiger partial charge on any atom is -0.307 e. The number of pyridine rings is 1. The zero-order valence-electron chi connectivity index (χ0n) is 15.6. The predicted octanol–water partition coefficient (Wildman–Crippen LogP) is 5.11. The zero-order valence-corrected chi connectivity index (χ0v) is 17.2. The summed E-state index contributed by atoms with van der Waals surface area (Å²) < 4.78 is 2.78. The van der Waals surface area contributed by atoms with Crippen molar-refractivity contribution in [2.45, 2.75) is 20.4 Å². The molecule has 0 fully saturated rings. The van der Waals surface area contributed by atoms with Crippen molar-refractivity contribution in [3.8, 4) is 0 Å². The van der Waals surface area contributed by atoms with E-state index in [1.807, 2.05) is 62.4 Å². The number of hydrogen-bond donors (Lipinski definition) is 1. The molecule has 1 N–H and O–H groups in total. The molecular formula is C22H19BrN4O. The van der Waals surface area contributed by atoms with Gasteiger partial charge < -0.3 is 5.32 Å². The molecule has 0 saturated carbocycles. The average Bonchev–Trinajstić information content (AvgIpc) is 3.08. The van der Waals surface area contributed by atoms with Crippen LogP contribution in [0.15, 0.2) is 65.3 Å². The van der Waals surface area contributed by atoms with E-state index in [-0.39, 0.29) is 5.91 Å². The number of carbonyl (C=O) groups excluding carboxylic acids is 1. The Labute approximate surface area is 171 Å². The van der Waals surface area contributed by atoms with Crippen molar-refractivity contribution in [2.24, 2.45) is 0 Å². The van der Waals surface area contributed by atoms with E-state index >= 15 is 0 Å². The van der Waals surface area contributed by atoms with E-state index in [1.54, 1.807) is 16.9 Å². The molecule has 0 unspecified atom stereocenters. The molecule has 0 spiro atoms. The maximum atomic E-state index is 12.9. The summed E-state index contributed by atoms with van der Waals surface area (Å²) in [6.07, 6.45) is 1.68. The van der Waals surface area contributed by atoms with Crippen molar-refractivity contribution in [1.29, 1.82) is 0 Å². The lowest BCUT2D eigenvalue weighted by Crippen LogP contribution is -2.17. The standard InChI is InChI=1S/C22H19BrN4O/c1-14-6-7-20-17(10-14)12-19(15(2)25-20)22(28)26-21-8-9-24-27(21)13-16-4-3-5-18(23)11-16/h3-12H,13H2,1-2H3,(H,26,28). The van der Waals surface area contributed by atoms with E-state index in [0.717, 1.165) is 26.5 Å². The number of anilines is 1. The molecule has 0 saturated heterocycles. The van der Waals surface area contributed by atoms with Crippen LogP contribution in [0, 0.1) is 13.8 Å². The number of halogens is 1. The maximum absolute atomic E-state index is 12.9. The number of carbonyl (C=O) groups is 1. The first-order valence-electron chi connectivity index (χ1n) is 8.95. The topological polar surface area (TPSA) is 59.8 Å². The van der Waals surface area contributed by atoms with Gasteiger partial charge in [-0.15, -0.1) is 0 Å². The van der Waals surface area contributed by atoms with Crippen molar-refractivity contribution in [3.63, 3.8) is 0 Å². The fourth-order valence-electron chi connectivity index (χ4n) is 3.18. The minimum atomic E-state index is -0.190. The normalized spacial score (nSPS) is 11.0. The number of amides is 1. The lowest BCUT2D eigenvalue weighted by molar-refractivity contribution is 0.102. The number of benzene rings is 2. The summed E-state index contributed by atoms with van der Waals surface area (Å²) in [7, 11) is 0. The molecule has 0 aliphatic rings. The molecule has 2 aromatic heterocycles. The van der Waals surface area contributed by atoms with Crippen LogP contribution in [-0.4, -0.2) is 20.7 Å². The number of aryl methyl sites for hydroxylation is 2. The summed E-state index contributed by atoms with van der Waals surface area (Å²) in [6, 6.07) is 17.8. The third-order valence-corrected chi connectivity index (χ3v) is 5.08. The molecule has 2 aromatic carbocycles. The number of hydrogen-bond acceptors (Lipinski definition) is 3. The minimum absolute atomic E-state index is 0.190. The van der Waals surface area contributed by atoms with Gasteiger partial charge in [-0.2, -0.15) is 5.10 Å². The highest BCUT2D eigenvalue weighted by Crippen LogP contribution is 2.20. The highest BCUT2D eigenvalue weighted by molar-refractivity contribution is 9.10. The first-order valence-corrected chi connectivity index (χ1v) is 9.74. The second-order valence-corrected chi connectivity index (χ2v) is 7.69. The van der Waals surface area contributed by atoms with Crippen LogP contribution in [0.25, 0.3) is 10.9 Å².